The number of urea groups is 1. The lowest BCUT2D eigenvalue weighted by molar-refractivity contribution is -0.126. The lowest BCUT2D eigenvalue weighted by Gasteiger charge is -2.34. The Morgan fingerprint density at radius 2 is 2.06 bits per heavy atom. The van der Waals surface area contributed by atoms with Crippen molar-refractivity contribution < 1.29 is 18.4 Å². The smallest absolute Gasteiger partial charge is 0.318 e. The van der Waals surface area contributed by atoms with E-state index in [0.29, 0.717) is 23.0 Å². The molecule has 2 fully saturated rings. The van der Waals surface area contributed by atoms with Gasteiger partial charge in [0.05, 0.1) is 16.8 Å². The minimum absolute atomic E-state index is 0.0362. The third-order valence-corrected chi connectivity index (χ3v) is 6.24. The second kappa shape index (κ2) is 8.59. The van der Waals surface area contributed by atoms with Crippen LogP contribution in [0.1, 0.15) is 48.5 Å². The molecule has 0 spiro atoms. The van der Waals surface area contributed by atoms with Gasteiger partial charge in [-0.15, -0.1) is 0 Å². The number of nitrogens with one attached hydrogen (secondary N) is 2. The van der Waals surface area contributed by atoms with E-state index >= 15 is 0 Å². The average Bonchev–Trinajstić information content (AvgIpc) is 3.58. The Kier molecular flexibility index (Phi) is 6.03. The zero-order valence-electron chi connectivity index (χ0n) is 16.6. The average molecular weight is 469 g/mol. The van der Waals surface area contributed by atoms with E-state index in [0.717, 1.165) is 24.6 Å². The third-order valence-electron chi connectivity index (χ3n) is 5.59. The summed E-state index contributed by atoms with van der Waals surface area (Å²) in [6.07, 6.45) is 3.53. The lowest BCUT2D eigenvalue weighted by atomic mass is 9.98. The molecule has 1 aliphatic heterocycles. The molecule has 1 saturated heterocycles. The first-order valence-corrected chi connectivity index (χ1v) is 10.7. The van der Waals surface area contributed by atoms with E-state index in [9.17, 15) is 18.4 Å². The highest BCUT2D eigenvalue weighted by molar-refractivity contribution is 6.31. The molecule has 31 heavy (non-hydrogen) atoms. The van der Waals surface area contributed by atoms with Crippen molar-refractivity contribution in [3.05, 3.63) is 62.9 Å². The van der Waals surface area contributed by atoms with E-state index in [-0.39, 0.29) is 18.0 Å². The molecule has 1 aromatic carbocycles. The summed E-state index contributed by atoms with van der Waals surface area (Å²) >= 11 is 12.2. The maximum Gasteiger partial charge on any atom is 0.318 e. The molecule has 2 heterocycles. The number of piperazine rings is 1. The monoisotopic (exact) mass is 468 g/mol. The first-order chi connectivity index (χ1) is 14.8. The lowest BCUT2D eigenvalue weighted by Crippen LogP contribution is -2.58. The third kappa shape index (κ3) is 4.32. The Morgan fingerprint density at radius 3 is 2.74 bits per heavy atom. The largest absolute Gasteiger partial charge is 0.353 e. The SMILES string of the molecule is C[C@@H]1C(=O)NCCN1C(=O)NC(c1cnc(C2CC2)c(Cl)c1)c1ccc(F)c(Cl)c1F. The molecule has 2 aromatic rings. The minimum Gasteiger partial charge on any atom is -0.353 e. The molecule has 0 bridgehead atoms. The molecule has 4 rings (SSSR count). The number of hydrogen-bond acceptors (Lipinski definition) is 3. The fraction of sp³-hybridized carbons (Fsp3) is 0.381. The van der Waals surface area contributed by atoms with E-state index in [1.807, 2.05) is 0 Å². The van der Waals surface area contributed by atoms with Crippen LogP contribution < -0.4 is 10.6 Å². The quantitative estimate of drug-likeness (QED) is 0.661. The number of carbonyl (C=O) groups excluding carboxylic acids is 2. The molecule has 1 saturated carbocycles. The number of rotatable bonds is 4. The molecule has 2 N–H and O–H groups in total. The summed E-state index contributed by atoms with van der Waals surface area (Å²) in [6, 6.07) is 1.56. The van der Waals surface area contributed by atoms with Gasteiger partial charge >= 0.3 is 6.03 Å². The van der Waals surface area contributed by atoms with Crippen molar-refractivity contribution in [1.29, 1.82) is 0 Å². The van der Waals surface area contributed by atoms with Crippen LogP contribution in [0.2, 0.25) is 10.0 Å². The summed E-state index contributed by atoms with van der Waals surface area (Å²) in [7, 11) is 0. The van der Waals surface area contributed by atoms with Gasteiger partial charge in [-0.2, -0.15) is 0 Å². The molecule has 3 amide bonds. The molecule has 10 heteroatoms. The Balaban J connectivity index is 1.71. The first-order valence-electron chi connectivity index (χ1n) is 9.91. The van der Waals surface area contributed by atoms with Crippen molar-refractivity contribution in [1.82, 2.24) is 20.5 Å². The van der Waals surface area contributed by atoms with Crippen molar-refractivity contribution >= 4 is 35.1 Å². The zero-order chi connectivity index (χ0) is 22.3. The van der Waals surface area contributed by atoms with Gasteiger partial charge in [-0.3, -0.25) is 9.78 Å². The number of benzene rings is 1. The molecule has 1 aliphatic carbocycles. The molecule has 164 valence electrons. The van der Waals surface area contributed by atoms with Crippen LogP contribution in [0.15, 0.2) is 24.4 Å². The van der Waals surface area contributed by atoms with E-state index in [1.165, 1.54) is 17.2 Å². The second-order valence-electron chi connectivity index (χ2n) is 7.72. The number of pyridine rings is 1. The predicted molar refractivity (Wildman–Crippen MR) is 112 cm³/mol. The summed E-state index contributed by atoms with van der Waals surface area (Å²) in [6.45, 7) is 2.19. The van der Waals surface area contributed by atoms with Crippen molar-refractivity contribution in [3.63, 3.8) is 0 Å². The maximum atomic E-state index is 14.9. The van der Waals surface area contributed by atoms with Gasteiger partial charge in [-0.1, -0.05) is 29.3 Å². The Hall–Kier alpha value is -2.45. The van der Waals surface area contributed by atoms with Gasteiger partial charge < -0.3 is 15.5 Å². The standard InChI is InChI=1S/C21H20Cl2F2N4O2/c1-10-20(30)26-6-7-29(10)21(31)28-18(13-4-5-15(24)16(23)17(13)25)12-8-14(22)19(27-9-12)11-2-3-11/h4-5,8-11,18H,2-3,6-7H2,1H3,(H,26,30)(H,28,31)/t10-,18?/m1/s1. The number of nitrogens with zero attached hydrogens (tertiary/aromatic N) is 2. The van der Waals surface area contributed by atoms with Crippen LogP contribution in [0.25, 0.3) is 0 Å². The van der Waals surface area contributed by atoms with E-state index < -0.39 is 34.8 Å². The van der Waals surface area contributed by atoms with Crippen molar-refractivity contribution in [2.75, 3.05) is 13.1 Å². The van der Waals surface area contributed by atoms with Crippen LogP contribution in [0, 0.1) is 11.6 Å². The second-order valence-corrected chi connectivity index (χ2v) is 8.50. The van der Waals surface area contributed by atoms with Crippen molar-refractivity contribution in [2.24, 2.45) is 0 Å². The van der Waals surface area contributed by atoms with Crippen LogP contribution >= 0.6 is 23.2 Å². The van der Waals surface area contributed by atoms with Crippen LogP contribution in [0.5, 0.6) is 0 Å². The molecule has 1 aromatic heterocycles. The van der Waals surface area contributed by atoms with E-state index in [2.05, 4.69) is 15.6 Å². The Labute approximate surface area is 187 Å². The molecular weight excluding hydrogens is 449 g/mol. The van der Waals surface area contributed by atoms with Crippen LogP contribution in [-0.2, 0) is 4.79 Å². The Morgan fingerprint density at radius 1 is 1.32 bits per heavy atom. The molecule has 2 atom stereocenters. The normalized spacial score (nSPS) is 19.7. The number of carbonyl (C=O) groups is 2. The summed E-state index contributed by atoms with van der Waals surface area (Å²) in [5.41, 5.74) is 1.14. The van der Waals surface area contributed by atoms with Gasteiger partial charge in [0.25, 0.3) is 0 Å². The summed E-state index contributed by atoms with van der Waals surface area (Å²) < 4.78 is 28.6. The van der Waals surface area contributed by atoms with Crippen LogP contribution in [0.3, 0.4) is 0 Å². The van der Waals surface area contributed by atoms with E-state index in [1.54, 1.807) is 13.0 Å². The van der Waals surface area contributed by atoms with Gasteiger partial charge in [0, 0.05) is 30.8 Å². The number of halogens is 4. The molecular formula is C21H20Cl2F2N4O2. The topological polar surface area (TPSA) is 74.3 Å². The van der Waals surface area contributed by atoms with E-state index in [4.69, 9.17) is 23.2 Å². The fourth-order valence-corrected chi connectivity index (χ4v) is 4.15. The highest BCUT2D eigenvalue weighted by Crippen LogP contribution is 2.42. The van der Waals surface area contributed by atoms with Gasteiger partial charge in [0.1, 0.15) is 22.7 Å². The van der Waals surface area contributed by atoms with Gasteiger partial charge in [0.15, 0.2) is 0 Å². The molecule has 1 unspecified atom stereocenters. The molecule has 0 radical (unpaired) electrons. The van der Waals surface area contributed by atoms with Gasteiger partial charge in [0.2, 0.25) is 5.91 Å². The fourth-order valence-electron chi connectivity index (χ4n) is 3.65. The maximum absolute atomic E-state index is 14.9. The molecule has 6 nitrogen and oxygen atoms in total. The van der Waals surface area contributed by atoms with Crippen molar-refractivity contribution in [3.8, 4) is 0 Å². The molecule has 2 aliphatic rings. The van der Waals surface area contributed by atoms with Crippen LogP contribution in [0.4, 0.5) is 13.6 Å². The zero-order valence-corrected chi connectivity index (χ0v) is 18.1. The number of aromatic nitrogens is 1. The van der Waals surface area contributed by atoms with Crippen molar-refractivity contribution in [2.45, 2.75) is 37.8 Å². The van der Waals surface area contributed by atoms with Gasteiger partial charge in [-0.05, 0) is 37.5 Å². The van der Waals surface area contributed by atoms with Crippen LogP contribution in [-0.4, -0.2) is 41.0 Å². The summed E-state index contributed by atoms with van der Waals surface area (Å²) in [4.78, 5) is 30.7. The number of amides is 3. The predicted octanol–water partition coefficient (Wildman–Crippen LogP) is 4.16. The summed E-state index contributed by atoms with van der Waals surface area (Å²) in [5, 5.41) is 5.16. The number of hydrogen-bond donors (Lipinski definition) is 2. The minimum atomic E-state index is -1.04. The first kappa shape index (κ1) is 21.8. The summed E-state index contributed by atoms with van der Waals surface area (Å²) in [5.74, 6) is -1.87. The van der Waals surface area contributed by atoms with Gasteiger partial charge in [-0.25, -0.2) is 13.6 Å². The highest BCUT2D eigenvalue weighted by atomic mass is 35.5. The highest BCUT2D eigenvalue weighted by Gasteiger charge is 2.33. The Bertz CT molecular complexity index is 1050.